The Bertz CT molecular complexity index is 324. The molecule has 2 aliphatic rings. The van der Waals surface area contributed by atoms with Crippen LogP contribution in [0.5, 0.6) is 0 Å². The van der Waals surface area contributed by atoms with Crippen LogP contribution in [-0.4, -0.2) is 29.0 Å². The molecule has 1 atom stereocenters. The molecule has 2 nitrogen and oxygen atoms in total. The fraction of sp³-hybridized carbons (Fsp3) is 0.500. The minimum absolute atomic E-state index is 0.0641. The molecule has 0 aromatic rings. The van der Waals surface area contributed by atoms with Crippen molar-refractivity contribution in [3.05, 3.63) is 23.6 Å². The zero-order valence-electron chi connectivity index (χ0n) is 8.00. The molecular weight excluding hydrogens is 201 g/mol. The number of halogens is 1. The predicted octanol–water partition coefficient (Wildman–Crippen LogP) is 2.09. The highest BCUT2D eigenvalue weighted by Crippen LogP contribution is 2.33. The number of allylic oxidation sites excluding steroid dienone is 3. The maximum atomic E-state index is 12.7. The predicted molar refractivity (Wildman–Crippen MR) is 55.5 cm³/mol. The molecule has 1 heterocycles. The van der Waals surface area contributed by atoms with Crippen LogP contribution in [0, 0.1) is 0 Å². The van der Waals surface area contributed by atoms with Gasteiger partial charge < -0.3 is 4.90 Å². The van der Waals surface area contributed by atoms with E-state index in [4.69, 9.17) is 0 Å². The second-order valence-corrected chi connectivity index (χ2v) is 4.59. The first kappa shape index (κ1) is 9.77. The maximum absolute atomic E-state index is 12.7. The summed E-state index contributed by atoms with van der Waals surface area (Å²) in [6, 6.07) is 0. The van der Waals surface area contributed by atoms with Crippen molar-refractivity contribution >= 4 is 17.7 Å². The van der Waals surface area contributed by atoms with Crippen molar-refractivity contribution in [2.24, 2.45) is 0 Å². The Morgan fingerprint density at radius 2 is 2.29 bits per heavy atom. The van der Waals surface area contributed by atoms with Crippen LogP contribution in [0.25, 0.3) is 0 Å². The van der Waals surface area contributed by atoms with Gasteiger partial charge in [-0.15, -0.1) is 11.8 Å². The number of rotatable bonds is 1. The Hall–Kier alpha value is -0.770. The molecule has 0 radical (unpaired) electrons. The van der Waals surface area contributed by atoms with E-state index in [-0.39, 0.29) is 17.1 Å². The van der Waals surface area contributed by atoms with E-state index in [2.05, 4.69) is 0 Å². The van der Waals surface area contributed by atoms with E-state index < -0.39 is 0 Å². The number of carbonyl (C=O) groups excluding carboxylic acids is 1. The lowest BCUT2D eigenvalue weighted by molar-refractivity contribution is -0.126. The van der Waals surface area contributed by atoms with Gasteiger partial charge in [0.2, 0.25) is 5.91 Å². The summed E-state index contributed by atoms with van der Waals surface area (Å²) in [5, 5.41) is 0.131. The van der Waals surface area contributed by atoms with E-state index in [0.717, 1.165) is 12.0 Å². The third-order valence-electron chi connectivity index (χ3n) is 2.56. The molecule has 14 heavy (non-hydrogen) atoms. The summed E-state index contributed by atoms with van der Waals surface area (Å²) in [7, 11) is 1.81. The third kappa shape index (κ3) is 1.71. The summed E-state index contributed by atoms with van der Waals surface area (Å²) in [6.45, 7) is 0. The summed E-state index contributed by atoms with van der Waals surface area (Å²) < 4.78 is 12.7. The van der Waals surface area contributed by atoms with Crippen molar-refractivity contribution in [1.82, 2.24) is 4.90 Å². The first-order valence-corrected chi connectivity index (χ1v) is 5.66. The summed E-state index contributed by atoms with van der Waals surface area (Å²) in [5.74, 6) is 0.645. The molecule has 0 aromatic carbocycles. The summed E-state index contributed by atoms with van der Waals surface area (Å²) in [6.07, 6.45) is 4.53. The Morgan fingerprint density at radius 3 is 2.79 bits per heavy atom. The van der Waals surface area contributed by atoms with Gasteiger partial charge in [-0.1, -0.05) is 6.08 Å². The van der Waals surface area contributed by atoms with Gasteiger partial charge in [0.1, 0.15) is 5.83 Å². The molecule has 1 amide bonds. The van der Waals surface area contributed by atoms with Gasteiger partial charge in [-0.05, 0) is 18.1 Å². The van der Waals surface area contributed by atoms with Crippen molar-refractivity contribution in [2.45, 2.75) is 18.2 Å². The lowest BCUT2D eigenvalue weighted by Gasteiger charge is -2.23. The molecule has 1 saturated heterocycles. The number of amides is 1. The summed E-state index contributed by atoms with van der Waals surface area (Å²) in [4.78, 5) is 13.0. The highest BCUT2D eigenvalue weighted by molar-refractivity contribution is 8.01. The monoisotopic (exact) mass is 213 g/mol. The van der Waals surface area contributed by atoms with Crippen LogP contribution in [0.2, 0.25) is 0 Å². The Balaban J connectivity index is 2.13. The topological polar surface area (TPSA) is 20.3 Å². The number of carbonyl (C=O) groups is 1. The van der Waals surface area contributed by atoms with Crippen molar-refractivity contribution < 1.29 is 9.18 Å². The second-order valence-electron chi connectivity index (χ2n) is 3.52. The average molecular weight is 213 g/mol. The molecule has 4 heteroatoms. The SMILES string of the molecule is CN1C(=O)CSC1C1=CC=C(F)CC1. The first-order valence-electron chi connectivity index (χ1n) is 4.61. The largest absolute Gasteiger partial charge is 0.329 e. The molecular formula is C10H12FNOS. The zero-order valence-corrected chi connectivity index (χ0v) is 8.81. The van der Waals surface area contributed by atoms with Crippen LogP contribution in [0.1, 0.15) is 12.8 Å². The fourth-order valence-electron chi connectivity index (χ4n) is 1.68. The number of thioether (sulfide) groups is 1. The van der Waals surface area contributed by atoms with Gasteiger partial charge in [0.15, 0.2) is 0 Å². The molecule has 2 rings (SSSR count). The molecule has 0 N–H and O–H groups in total. The number of nitrogens with zero attached hydrogens (tertiary/aromatic N) is 1. The Morgan fingerprint density at radius 1 is 1.50 bits per heavy atom. The molecule has 1 aliphatic carbocycles. The van der Waals surface area contributed by atoms with Crippen LogP contribution in [0.15, 0.2) is 23.6 Å². The molecule has 0 spiro atoms. The van der Waals surface area contributed by atoms with Crippen LogP contribution < -0.4 is 0 Å². The van der Waals surface area contributed by atoms with Gasteiger partial charge in [0.05, 0.1) is 11.1 Å². The first-order chi connectivity index (χ1) is 6.68. The summed E-state index contributed by atoms with van der Waals surface area (Å²) >= 11 is 1.62. The van der Waals surface area contributed by atoms with Gasteiger partial charge in [0.25, 0.3) is 0 Å². The van der Waals surface area contributed by atoms with Gasteiger partial charge >= 0.3 is 0 Å². The van der Waals surface area contributed by atoms with Gasteiger partial charge in [-0.25, -0.2) is 4.39 Å². The van der Waals surface area contributed by atoms with E-state index in [0.29, 0.717) is 12.2 Å². The lowest BCUT2D eigenvalue weighted by atomic mass is 10.0. The van der Waals surface area contributed by atoms with Gasteiger partial charge in [-0.3, -0.25) is 4.79 Å². The highest BCUT2D eigenvalue weighted by atomic mass is 32.2. The molecule has 0 bridgehead atoms. The quantitative estimate of drug-likeness (QED) is 0.664. The molecule has 0 aromatic heterocycles. The van der Waals surface area contributed by atoms with E-state index in [9.17, 15) is 9.18 Å². The zero-order chi connectivity index (χ0) is 10.1. The van der Waals surface area contributed by atoms with E-state index in [1.54, 1.807) is 16.7 Å². The molecule has 1 aliphatic heterocycles. The highest BCUT2D eigenvalue weighted by Gasteiger charge is 2.31. The summed E-state index contributed by atoms with van der Waals surface area (Å²) in [5.41, 5.74) is 1.16. The van der Waals surface area contributed by atoms with Crippen molar-refractivity contribution in [3.63, 3.8) is 0 Å². The Kier molecular flexibility index (Phi) is 2.63. The molecule has 1 unspecified atom stereocenters. The second kappa shape index (κ2) is 3.77. The number of likely N-dealkylation sites (N-methyl/N-ethyl adjacent to an activating group) is 1. The van der Waals surface area contributed by atoms with E-state index in [1.165, 1.54) is 6.08 Å². The van der Waals surface area contributed by atoms with Crippen LogP contribution in [-0.2, 0) is 4.79 Å². The Labute approximate surface area is 86.8 Å². The number of hydrogen-bond acceptors (Lipinski definition) is 2. The number of hydrogen-bond donors (Lipinski definition) is 0. The minimum atomic E-state index is -0.0641. The smallest absolute Gasteiger partial charge is 0.233 e. The van der Waals surface area contributed by atoms with Crippen molar-refractivity contribution in [1.29, 1.82) is 0 Å². The molecule has 1 fully saturated rings. The standard InChI is InChI=1S/C10H12FNOS/c1-12-9(13)6-14-10(12)7-2-4-8(11)5-3-7/h2,4,10H,3,5-6H2,1H3. The third-order valence-corrected chi connectivity index (χ3v) is 3.91. The maximum Gasteiger partial charge on any atom is 0.233 e. The molecule has 76 valence electrons. The van der Waals surface area contributed by atoms with Crippen LogP contribution >= 0.6 is 11.8 Å². The average Bonchev–Trinajstić information content (AvgIpc) is 2.50. The van der Waals surface area contributed by atoms with Crippen LogP contribution in [0.4, 0.5) is 4.39 Å². The van der Waals surface area contributed by atoms with Crippen molar-refractivity contribution in [2.75, 3.05) is 12.8 Å². The lowest BCUT2D eigenvalue weighted by Crippen LogP contribution is -2.29. The molecule has 0 saturated carbocycles. The fourth-order valence-corrected chi connectivity index (χ4v) is 2.94. The van der Waals surface area contributed by atoms with E-state index in [1.807, 2.05) is 13.1 Å². The van der Waals surface area contributed by atoms with E-state index >= 15 is 0 Å². The van der Waals surface area contributed by atoms with Gasteiger partial charge in [-0.2, -0.15) is 0 Å². The normalized spacial score (nSPS) is 27.7. The van der Waals surface area contributed by atoms with Gasteiger partial charge in [0, 0.05) is 13.5 Å². The van der Waals surface area contributed by atoms with Crippen molar-refractivity contribution in [3.8, 4) is 0 Å². The van der Waals surface area contributed by atoms with Crippen LogP contribution in [0.3, 0.4) is 0 Å². The minimum Gasteiger partial charge on any atom is -0.329 e.